The van der Waals surface area contributed by atoms with Crippen molar-refractivity contribution in [2.75, 3.05) is 0 Å². The highest BCUT2D eigenvalue weighted by molar-refractivity contribution is 6.00. The summed E-state index contributed by atoms with van der Waals surface area (Å²) >= 11 is 0. The molecule has 1 amide bonds. The van der Waals surface area contributed by atoms with Crippen LogP contribution in [0.3, 0.4) is 0 Å². The zero-order chi connectivity index (χ0) is 20.1. The summed E-state index contributed by atoms with van der Waals surface area (Å²) in [6.45, 7) is 0.494. The molecule has 3 aromatic carbocycles. The number of hydrazone groups is 1. The number of hydrogen-bond acceptors (Lipinski definition) is 3. The summed E-state index contributed by atoms with van der Waals surface area (Å²) in [6.07, 6.45) is 3.34. The molecule has 0 spiro atoms. The molecule has 0 aliphatic rings. The third kappa shape index (κ3) is 4.50. The first-order valence-electron chi connectivity index (χ1n) is 9.06. The maximum atomic E-state index is 13.2. The molecule has 0 radical (unpaired) electrons. The molecule has 0 bridgehead atoms. The highest BCUT2D eigenvalue weighted by Gasteiger charge is 2.06. The summed E-state index contributed by atoms with van der Waals surface area (Å²) in [5.74, 6) is -0.188. The molecule has 1 aromatic heterocycles. The Morgan fingerprint density at radius 2 is 1.93 bits per heavy atom. The van der Waals surface area contributed by atoms with Crippen LogP contribution in [0.15, 0.2) is 84.1 Å². The number of aromatic amines is 1. The maximum Gasteiger partial charge on any atom is 0.271 e. The van der Waals surface area contributed by atoms with Gasteiger partial charge in [-0.25, -0.2) is 9.82 Å². The standard InChI is InChI=1S/C23H18FN3O2/c24-19-8-4-7-17(11-19)23(28)27-26-14-18-13-25-22-12-20(9-10-21(18)22)29-15-16-5-2-1-3-6-16/h1-14,25H,15H2,(H,27,28). The van der Waals surface area contributed by atoms with Gasteiger partial charge in [0.15, 0.2) is 0 Å². The number of amides is 1. The van der Waals surface area contributed by atoms with E-state index in [1.54, 1.807) is 12.4 Å². The number of fused-ring (bicyclic) bond motifs is 1. The van der Waals surface area contributed by atoms with Gasteiger partial charge in [0, 0.05) is 34.3 Å². The first-order valence-corrected chi connectivity index (χ1v) is 9.06. The lowest BCUT2D eigenvalue weighted by Crippen LogP contribution is -2.17. The monoisotopic (exact) mass is 387 g/mol. The van der Waals surface area contributed by atoms with Crippen molar-refractivity contribution in [1.82, 2.24) is 10.4 Å². The van der Waals surface area contributed by atoms with Gasteiger partial charge in [-0.05, 0) is 35.9 Å². The Kier molecular flexibility index (Phi) is 5.33. The average molecular weight is 387 g/mol. The predicted molar refractivity (Wildman–Crippen MR) is 111 cm³/mol. The van der Waals surface area contributed by atoms with Gasteiger partial charge in [-0.15, -0.1) is 0 Å². The molecule has 144 valence electrons. The third-order valence-electron chi connectivity index (χ3n) is 4.39. The van der Waals surface area contributed by atoms with E-state index in [0.717, 1.165) is 33.8 Å². The van der Waals surface area contributed by atoms with Gasteiger partial charge in [-0.2, -0.15) is 5.10 Å². The smallest absolute Gasteiger partial charge is 0.271 e. The largest absolute Gasteiger partial charge is 0.489 e. The highest BCUT2D eigenvalue weighted by Crippen LogP contribution is 2.23. The zero-order valence-electron chi connectivity index (χ0n) is 15.4. The molecule has 0 saturated heterocycles. The van der Waals surface area contributed by atoms with Crippen LogP contribution in [0.25, 0.3) is 10.9 Å². The van der Waals surface area contributed by atoms with Crippen molar-refractivity contribution in [2.45, 2.75) is 6.61 Å². The summed E-state index contributed by atoms with van der Waals surface area (Å²) in [5, 5.41) is 4.92. The molecular formula is C23H18FN3O2. The second kappa shape index (κ2) is 8.39. The van der Waals surface area contributed by atoms with Gasteiger partial charge in [0.05, 0.1) is 6.21 Å². The highest BCUT2D eigenvalue weighted by atomic mass is 19.1. The van der Waals surface area contributed by atoms with Crippen molar-refractivity contribution >= 4 is 23.0 Å². The van der Waals surface area contributed by atoms with Crippen LogP contribution in [0.4, 0.5) is 4.39 Å². The Morgan fingerprint density at radius 1 is 1.07 bits per heavy atom. The van der Waals surface area contributed by atoms with Crippen molar-refractivity contribution < 1.29 is 13.9 Å². The molecule has 0 saturated carbocycles. The molecule has 0 aliphatic heterocycles. The van der Waals surface area contributed by atoms with Gasteiger partial charge in [0.2, 0.25) is 0 Å². The van der Waals surface area contributed by atoms with Gasteiger partial charge in [0.25, 0.3) is 5.91 Å². The third-order valence-corrected chi connectivity index (χ3v) is 4.39. The van der Waals surface area contributed by atoms with Gasteiger partial charge < -0.3 is 9.72 Å². The number of halogens is 1. The van der Waals surface area contributed by atoms with E-state index in [2.05, 4.69) is 15.5 Å². The van der Waals surface area contributed by atoms with Crippen molar-refractivity contribution in [1.29, 1.82) is 0 Å². The molecule has 2 N–H and O–H groups in total. The first-order chi connectivity index (χ1) is 14.2. The summed E-state index contributed by atoms with van der Waals surface area (Å²) in [5.41, 5.74) is 5.42. The van der Waals surface area contributed by atoms with E-state index in [0.29, 0.717) is 6.61 Å². The van der Waals surface area contributed by atoms with Crippen LogP contribution < -0.4 is 10.2 Å². The minimum atomic E-state index is -0.475. The minimum Gasteiger partial charge on any atom is -0.489 e. The molecule has 0 unspecified atom stereocenters. The lowest BCUT2D eigenvalue weighted by atomic mass is 10.2. The number of hydrogen-bond donors (Lipinski definition) is 2. The lowest BCUT2D eigenvalue weighted by Gasteiger charge is -2.06. The first kappa shape index (κ1) is 18.4. The molecule has 4 rings (SSSR count). The topological polar surface area (TPSA) is 66.5 Å². The van der Waals surface area contributed by atoms with E-state index in [1.165, 1.54) is 18.2 Å². The van der Waals surface area contributed by atoms with E-state index >= 15 is 0 Å². The van der Waals surface area contributed by atoms with Crippen molar-refractivity contribution in [2.24, 2.45) is 5.10 Å². The van der Waals surface area contributed by atoms with E-state index in [9.17, 15) is 9.18 Å². The van der Waals surface area contributed by atoms with Crippen molar-refractivity contribution in [3.8, 4) is 5.75 Å². The van der Waals surface area contributed by atoms with Crippen LogP contribution in [0.1, 0.15) is 21.5 Å². The fourth-order valence-electron chi connectivity index (χ4n) is 2.92. The lowest BCUT2D eigenvalue weighted by molar-refractivity contribution is 0.0954. The van der Waals surface area contributed by atoms with Gasteiger partial charge in [-0.1, -0.05) is 36.4 Å². The van der Waals surface area contributed by atoms with Crippen molar-refractivity contribution in [3.63, 3.8) is 0 Å². The second-order valence-electron chi connectivity index (χ2n) is 6.44. The molecule has 0 fully saturated rings. The zero-order valence-corrected chi connectivity index (χ0v) is 15.4. The molecular weight excluding hydrogens is 369 g/mol. The summed E-state index contributed by atoms with van der Waals surface area (Å²) in [4.78, 5) is 15.2. The Labute approximate surface area is 166 Å². The van der Waals surface area contributed by atoms with Gasteiger partial charge in [-0.3, -0.25) is 4.79 Å². The summed E-state index contributed by atoms with van der Waals surface area (Å²) in [7, 11) is 0. The number of H-pyrrole nitrogens is 1. The number of benzene rings is 3. The molecule has 0 aliphatic carbocycles. The van der Waals surface area contributed by atoms with Crippen LogP contribution in [-0.2, 0) is 6.61 Å². The molecule has 4 aromatic rings. The molecule has 6 heteroatoms. The number of rotatable bonds is 6. The number of carbonyl (C=O) groups excluding carboxylic acids is 1. The average Bonchev–Trinajstić information content (AvgIpc) is 3.15. The number of aromatic nitrogens is 1. The van der Waals surface area contributed by atoms with Crippen molar-refractivity contribution in [3.05, 3.63) is 102 Å². The van der Waals surface area contributed by atoms with Gasteiger partial charge in [0.1, 0.15) is 18.2 Å². The Bertz CT molecular complexity index is 1170. The molecule has 5 nitrogen and oxygen atoms in total. The van der Waals surface area contributed by atoms with Gasteiger partial charge >= 0.3 is 0 Å². The van der Waals surface area contributed by atoms with E-state index in [4.69, 9.17) is 4.74 Å². The Morgan fingerprint density at radius 3 is 2.76 bits per heavy atom. The van der Waals surface area contributed by atoms with Crippen LogP contribution >= 0.6 is 0 Å². The summed E-state index contributed by atoms with van der Waals surface area (Å²) in [6, 6.07) is 21.1. The van der Waals surface area contributed by atoms with Crippen LogP contribution in [0.5, 0.6) is 5.75 Å². The Hall–Kier alpha value is -3.93. The SMILES string of the molecule is O=C(NN=Cc1c[nH]c2cc(OCc3ccccc3)ccc12)c1cccc(F)c1. The number of nitrogens with zero attached hydrogens (tertiary/aromatic N) is 1. The maximum absolute atomic E-state index is 13.2. The number of ether oxygens (including phenoxy) is 1. The van der Waals surface area contributed by atoms with Crippen LogP contribution in [-0.4, -0.2) is 17.1 Å². The molecule has 1 heterocycles. The van der Waals surface area contributed by atoms with E-state index in [-0.39, 0.29) is 5.56 Å². The summed E-state index contributed by atoms with van der Waals surface area (Å²) < 4.78 is 19.0. The van der Waals surface area contributed by atoms with Crippen LogP contribution in [0.2, 0.25) is 0 Å². The Balaban J connectivity index is 1.42. The fourth-order valence-corrected chi connectivity index (χ4v) is 2.92. The molecule has 29 heavy (non-hydrogen) atoms. The molecule has 0 atom stereocenters. The van der Waals surface area contributed by atoms with Crippen LogP contribution in [0, 0.1) is 5.82 Å². The second-order valence-corrected chi connectivity index (χ2v) is 6.44. The predicted octanol–water partition coefficient (Wildman–Crippen LogP) is 4.65. The minimum absolute atomic E-state index is 0.210. The quantitative estimate of drug-likeness (QED) is 0.374. The van der Waals surface area contributed by atoms with E-state index < -0.39 is 11.7 Å². The number of nitrogens with one attached hydrogen (secondary N) is 2. The fraction of sp³-hybridized carbons (Fsp3) is 0.0435. The normalized spacial score (nSPS) is 11.1. The van der Waals surface area contributed by atoms with E-state index in [1.807, 2.05) is 48.5 Å². The number of carbonyl (C=O) groups is 1.